The van der Waals surface area contributed by atoms with Crippen molar-refractivity contribution in [2.45, 2.75) is 25.7 Å². The molecule has 2 fully saturated rings. The Labute approximate surface area is 95.3 Å². The van der Waals surface area contributed by atoms with Crippen molar-refractivity contribution in [2.75, 3.05) is 14.2 Å². The molecule has 90 valence electrons. The number of rotatable bonds is 3. The first kappa shape index (κ1) is 11.4. The summed E-state index contributed by atoms with van der Waals surface area (Å²) in [5.74, 6) is -0.238. The maximum atomic E-state index is 11.7. The maximum Gasteiger partial charge on any atom is 0.320 e. The quantitative estimate of drug-likeness (QED) is 0.539. The molecule has 0 heterocycles. The lowest BCUT2D eigenvalue weighted by molar-refractivity contribution is -0.162. The Morgan fingerprint density at radius 1 is 1.06 bits per heavy atom. The number of esters is 2. The van der Waals surface area contributed by atoms with Crippen molar-refractivity contribution in [1.82, 2.24) is 0 Å². The number of methoxy groups -OCH3 is 2. The fourth-order valence-corrected chi connectivity index (χ4v) is 3.40. The summed E-state index contributed by atoms with van der Waals surface area (Å²) in [4.78, 5) is 23.3. The van der Waals surface area contributed by atoms with E-state index in [0.717, 1.165) is 19.3 Å². The predicted molar refractivity (Wildman–Crippen MR) is 56.5 cm³/mol. The zero-order chi connectivity index (χ0) is 11.7. The number of carbonyl (C=O) groups excluding carboxylic acids is 2. The van der Waals surface area contributed by atoms with Crippen LogP contribution in [-0.4, -0.2) is 26.2 Å². The first-order valence-electron chi connectivity index (χ1n) is 5.83. The van der Waals surface area contributed by atoms with Crippen LogP contribution in [-0.2, 0) is 19.1 Å². The normalized spacial score (nSPS) is 31.8. The minimum Gasteiger partial charge on any atom is -0.468 e. The third kappa shape index (κ3) is 1.81. The van der Waals surface area contributed by atoms with Gasteiger partial charge in [0, 0.05) is 0 Å². The van der Waals surface area contributed by atoms with Gasteiger partial charge in [0.05, 0.1) is 14.2 Å². The van der Waals surface area contributed by atoms with E-state index in [0.29, 0.717) is 11.8 Å². The molecule has 0 spiro atoms. The van der Waals surface area contributed by atoms with Crippen molar-refractivity contribution < 1.29 is 19.1 Å². The molecule has 3 atom stereocenters. The van der Waals surface area contributed by atoms with E-state index in [4.69, 9.17) is 9.47 Å². The molecule has 0 aromatic heterocycles. The Balaban J connectivity index is 2.13. The van der Waals surface area contributed by atoms with E-state index < -0.39 is 17.9 Å². The van der Waals surface area contributed by atoms with Crippen molar-refractivity contribution in [1.29, 1.82) is 0 Å². The minimum atomic E-state index is -0.703. The van der Waals surface area contributed by atoms with E-state index >= 15 is 0 Å². The van der Waals surface area contributed by atoms with E-state index in [-0.39, 0.29) is 5.92 Å². The number of hydrogen-bond acceptors (Lipinski definition) is 4. The molecule has 0 aromatic carbocycles. The standard InChI is InChI=1S/C12H18O4/c1-15-11(13)10(12(14)16-2)9-6-7-3-4-8(9)5-7/h7-10H,3-6H2,1-2H3. The highest BCUT2D eigenvalue weighted by molar-refractivity contribution is 5.95. The zero-order valence-electron chi connectivity index (χ0n) is 9.77. The molecule has 2 bridgehead atoms. The Morgan fingerprint density at radius 3 is 2.06 bits per heavy atom. The maximum absolute atomic E-state index is 11.7. The van der Waals surface area contributed by atoms with Crippen molar-refractivity contribution >= 4 is 11.9 Å². The SMILES string of the molecule is COC(=O)C(C(=O)OC)C1CC2CCC1C2. The van der Waals surface area contributed by atoms with Gasteiger partial charge >= 0.3 is 11.9 Å². The van der Waals surface area contributed by atoms with E-state index in [1.54, 1.807) is 0 Å². The second-order valence-electron chi connectivity index (χ2n) is 4.86. The number of hydrogen-bond donors (Lipinski definition) is 0. The van der Waals surface area contributed by atoms with Gasteiger partial charge in [-0.05, 0) is 37.0 Å². The lowest BCUT2D eigenvalue weighted by atomic mass is 9.79. The summed E-state index contributed by atoms with van der Waals surface area (Å²) in [6, 6.07) is 0. The Kier molecular flexibility index (Phi) is 3.17. The van der Waals surface area contributed by atoms with Crippen LogP contribution in [0.15, 0.2) is 0 Å². The molecule has 0 amide bonds. The molecular formula is C12H18O4. The van der Waals surface area contributed by atoms with Crippen LogP contribution in [0, 0.1) is 23.7 Å². The van der Waals surface area contributed by atoms with Crippen LogP contribution in [0.5, 0.6) is 0 Å². The van der Waals surface area contributed by atoms with Gasteiger partial charge in [0.25, 0.3) is 0 Å². The lowest BCUT2D eigenvalue weighted by Crippen LogP contribution is -2.36. The van der Waals surface area contributed by atoms with Gasteiger partial charge in [-0.3, -0.25) is 9.59 Å². The van der Waals surface area contributed by atoms with Gasteiger partial charge in [-0.1, -0.05) is 6.42 Å². The summed E-state index contributed by atoms with van der Waals surface area (Å²) >= 11 is 0. The summed E-state index contributed by atoms with van der Waals surface area (Å²) in [5, 5.41) is 0. The van der Waals surface area contributed by atoms with Gasteiger partial charge in [0.1, 0.15) is 0 Å². The topological polar surface area (TPSA) is 52.6 Å². The number of carbonyl (C=O) groups is 2. The molecule has 0 radical (unpaired) electrons. The molecule has 2 aliphatic rings. The third-order valence-electron chi connectivity index (χ3n) is 4.13. The van der Waals surface area contributed by atoms with Crippen molar-refractivity contribution in [2.24, 2.45) is 23.7 Å². The molecule has 0 saturated heterocycles. The average Bonchev–Trinajstić information content (AvgIpc) is 2.90. The van der Waals surface area contributed by atoms with Gasteiger partial charge in [0.15, 0.2) is 5.92 Å². The van der Waals surface area contributed by atoms with Gasteiger partial charge in [-0.25, -0.2) is 0 Å². The molecular weight excluding hydrogens is 208 g/mol. The predicted octanol–water partition coefficient (Wildman–Crippen LogP) is 1.38. The molecule has 4 nitrogen and oxygen atoms in total. The number of ether oxygens (including phenoxy) is 2. The van der Waals surface area contributed by atoms with Crippen LogP contribution in [0.1, 0.15) is 25.7 Å². The Morgan fingerprint density at radius 2 is 1.69 bits per heavy atom. The largest absolute Gasteiger partial charge is 0.468 e. The molecule has 3 unspecified atom stereocenters. The molecule has 0 N–H and O–H groups in total. The van der Waals surface area contributed by atoms with Gasteiger partial charge in [0.2, 0.25) is 0 Å². The lowest BCUT2D eigenvalue weighted by Gasteiger charge is -2.26. The van der Waals surface area contributed by atoms with Gasteiger partial charge in [-0.15, -0.1) is 0 Å². The van der Waals surface area contributed by atoms with Crippen LogP contribution < -0.4 is 0 Å². The first-order chi connectivity index (χ1) is 7.67. The molecule has 2 saturated carbocycles. The van der Waals surface area contributed by atoms with E-state index in [2.05, 4.69) is 0 Å². The van der Waals surface area contributed by atoms with Gasteiger partial charge < -0.3 is 9.47 Å². The summed E-state index contributed by atoms with van der Waals surface area (Å²) < 4.78 is 9.43. The molecule has 2 aliphatic carbocycles. The fraction of sp³-hybridized carbons (Fsp3) is 0.833. The number of fused-ring (bicyclic) bond motifs is 2. The highest BCUT2D eigenvalue weighted by Gasteiger charge is 2.48. The van der Waals surface area contributed by atoms with Crippen LogP contribution in [0.2, 0.25) is 0 Å². The third-order valence-corrected chi connectivity index (χ3v) is 4.13. The smallest absolute Gasteiger partial charge is 0.320 e. The second-order valence-corrected chi connectivity index (χ2v) is 4.86. The average molecular weight is 226 g/mol. The molecule has 0 aliphatic heterocycles. The highest BCUT2D eigenvalue weighted by atomic mass is 16.5. The monoisotopic (exact) mass is 226 g/mol. The second kappa shape index (κ2) is 4.44. The summed E-state index contributed by atoms with van der Waals surface area (Å²) in [6.45, 7) is 0. The van der Waals surface area contributed by atoms with Crippen molar-refractivity contribution in [3.05, 3.63) is 0 Å². The molecule has 4 heteroatoms. The highest BCUT2D eigenvalue weighted by Crippen LogP contribution is 2.51. The van der Waals surface area contributed by atoms with Crippen LogP contribution >= 0.6 is 0 Å². The first-order valence-corrected chi connectivity index (χ1v) is 5.83. The van der Waals surface area contributed by atoms with E-state index in [1.807, 2.05) is 0 Å². The summed E-state index contributed by atoms with van der Waals surface area (Å²) in [7, 11) is 2.65. The van der Waals surface area contributed by atoms with E-state index in [1.165, 1.54) is 20.6 Å². The Bertz CT molecular complexity index is 283. The van der Waals surface area contributed by atoms with Crippen LogP contribution in [0.3, 0.4) is 0 Å². The van der Waals surface area contributed by atoms with Crippen LogP contribution in [0.25, 0.3) is 0 Å². The van der Waals surface area contributed by atoms with Gasteiger partial charge in [-0.2, -0.15) is 0 Å². The van der Waals surface area contributed by atoms with Crippen molar-refractivity contribution in [3.63, 3.8) is 0 Å². The zero-order valence-corrected chi connectivity index (χ0v) is 9.77. The minimum absolute atomic E-state index is 0.138. The van der Waals surface area contributed by atoms with Crippen molar-refractivity contribution in [3.8, 4) is 0 Å². The van der Waals surface area contributed by atoms with E-state index in [9.17, 15) is 9.59 Å². The van der Waals surface area contributed by atoms with Crippen LogP contribution in [0.4, 0.5) is 0 Å². The molecule has 16 heavy (non-hydrogen) atoms. The molecule has 0 aromatic rings. The molecule has 2 rings (SSSR count). The summed E-state index contributed by atoms with van der Waals surface area (Å²) in [6.07, 6.45) is 4.52. The Hall–Kier alpha value is -1.06. The fourth-order valence-electron chi connectivity index (χ4n) is 3.40. The summed E-state index contributed by atoms with van der Waals surface area (Å²) in [5.41, 5.74) is 0.